The lowest BCUT2D eigenvalue weighted by Crippen LogP contribution is -1.92. The molecule has 0 spiro atoms. The normalized spacial score (nSPS) is 10.4. The lowest BCUT2D eigenvalue weighted by Gasteiger charge is -1.99. The van der Waals surface area contributed by atoms with E-state index in [1.165, 1.54) is 0 Å². The molecule has 3 nitrogen and oxygen atoms in total. The highest BCUT2D eigenvalue weighted by molar-refractivity contribution is 6.30. The predicted octanol–water partition coefficient (Wildman–Crippen LogP) is 2.66. The Kier molecular flexibility index (Phi) is 2.70. The molecular weight excluding hydrogens is 221 g/mol. The van der Waals surface area contributed by atoms with Crippen LogP contribution in [0.4, 0.5) is 0 Å². The summed E-state index contributed by atoms with van der Waals surface area (Å²) in [7, 11) is 0. The number of aromatic nitrogens is 3. The smallest absolute Gasteiger partial charge is 0.137 e. The van der Waals surface area contributed by atoms with Crippen LogP contribution >= 0.6 is 23.2 Å². The average Bonchev–Trinajstić information content (AvgIpc) is 2.67. The van der Waals surface area contributed by atoms with Gasteiger partial charge in [-0.05, 0) is 12.1 Å². The number of imidazole rings is 1. The maximum atomic E-state index is 5.72. The van der Waals surface area contributed by atoms with E-state index in [2.05, 4.69) is 9.97 Å². The Morgan fingerprint density at radius 1 is 1.29 bits per heavy atom. The topological polar surface area (TPSA) is 30.7 Å². The average molecular weight is 228 g/mol. The van der Waals surface area contributed by atoms with Gasteiger partial charge in [0, 0.05) is 12.4 Å². The molecule has 0 amide bonds. The fourth-order valence-electron chi connectivity index (χ4n) is 1.08. The van der Waals surface area contributed by atoms with E-state index >= 15 is 0 Å². The summed E-state index contributed by atoms with van der Waals surface area (Å²) in [5, 5.41) is 0.617. The molecular formula is C9H7Cl2N3. The molecule has 0 N–H and O–H groups in total. The van der Waals surface area contributed by atoms with Crippen LogP contribution in [0.2, 0.25) is 5.02 Å². The van der Waals surface area contributed by atoms with Crippen LogP contribution in [0.15, 0.2) is 30.9 Å². The quantitative estimate of drug-likeness (QED) is 0.739. The molecule has 0 atom stereocenters. The number of rotatable bonds is 2. The van der Waals surface area contributed by atoms with Crippen molar-refractivity contribution in [3.8, 4) is 5.82 Å². The highest BCUT2D eigenvalue weighted by Gasteiger charge is 2.00. The Labute approximate surface area is 91.3 Å². The summed E-state index contributed by atoms with van der Waals surface area (Å²) in [5.74, 6) is 1.18. The predicted molar refractivity (Wildman–Crippen MR) is 55.9 cm³/mol. The van der Waals surface area contributed by atoms with Gasteiger partial charge in [0.2, 0.25) is 0 Å². The van der Waals surface area contributed by atoms with E-state index in [0.717, 1.165) is 11.5 Å². The molecule has 0 unspecified atom stereocenters. The summed E-state index contributed by atoms with van der Waals surface area (Å²) in [5.41, 5.74) is 0.823. The Morgan fingerprint density at radius 2 is 2.14 bits per heavy atom. The van der Waals surface area contributed by atoms with Gasteiger partial charge in [0.15, 0.2) is 0 Å². The van der Waals surface area contributed by atoms with Crippen molar-refractivity contribution < 1.29 is 0 Å². The van der Waals surface area contributed by atoms with Crippen LogP contribution in [0, 0.1) is 0 Å². The van der Waals surface area contributed by atoms with Crippen LogP contribution in [0.1, 0.15) is 5.69 Å². The minimum Gasteiger partial charge on any atom is -0.290 e. The number of hydrogen-bond donors (Lipinski definition) is 0. The largest absolute Gasteiger partial charge is 0.290 e. The van der Waals surface area contributed by atoms with Crippen molar-refractivity contribution in [3.05, 3.63) is 41.6 Å². The van der Waals surface area contributed by atoms with Crippen molar-refractivity contribution in [2.24, 2.45) is 0 Å². The van der Waals surface area contributed by atoms with Gasteiger partial charge in [-0.25, -0.2) is 9.97 Å². The molecule has 0 aliphatic heterocycles. The van der Waals surface area contributed by atoms with Crippen molar-refractivity contribution >= 4 is 23.2 Å². The molecule has 0 aromatic carbocycles. The number of pyridine rings is 1. The van der Waals surface area contributed by atoms with Gasteiger partial charge in [-0.2, -0.15) is 0 Å². The van der Waals surface area contributed by atoms with E-state index in [1.807, 2.05) is 12.3 Å². The van der Waals surface area contributed by atoms with Crippen molar-refractivity contribution in [2.45, 2.75) is 5.88 Å². The minimum atomic E-state index is 0.403. The second kappa shape index (κ2) is 3.98. The van der Waals surface area contributed by atoms with E-state index in [4.69, 9.17) is 23.2 Å². The zero-order valence-corrected chi connectivity index (χ0v) is 8.70. The molecule has 0 aliphatic rings. The first kappa shape index (κ1) is 9.49. The standard InChI is InChI=1S/C9H7Cl2N3/c10-3-8-5-14(6-13-8)9-2-1-7(11)4-12-9/h1-2,4-6H,3H2. The molecule has 0 fully saturated rings. The Hall–Kier alpha value is -1.06. The molecule has 14 heavy (non-hydrogen) atoms. The summed E-state index contributed by atoms with van der Waals surface area (Å²) in [6.07, 6.45) is 5.11. The van der Waals surface area contributed by atoms with Crippen LogP contribution in [-0.4, -0.2) is 14.5 Å². The highest BCUT2D eigenvalue weighted by Crippen LogP contribution is 2.10. The van der Waals surface area contributed by atoms with Gasteiger partial charge in [-0.15, -0.1) is 11.6 Å². The molecule has 0 saturated heterocycles. The summed E-state index contributed by atoms with van der Waals surface area (Å²) < 4.78 is 1.80. The minimum absolute atomic E-state index is 0.403. The third-order valence-electron chi connectivity index (χ3n) is 1.75. The SMILES string of the molecule is ClCc1cn(-c2ccc(Cl)cn2)cn1. The lowest BCUT2D eigenvalue weighted by molar-refractivity contribution is 0.993. The maximum Gasteiger partial charge on any atom is 0.137 e. The lowest BCUT2D eigenvalue weighted by atomic mass is 10.4. The number of halogens is 2. The van der Waals surface area contributed by atoms with Crippen LogP contribution in [0.25, 0.3) is 5.82 Å². The van der Waals surface area contributed by atoms with Gasteiger partial charge in [-0.3, -0.25) is 4.57 Å². The van der Waals surface area contributed by atoms with Gasteiger partial charge in [0.25, 0.3) is 0 Å². The first-order valence-electron chi connectivity index (χ1n) is 4.00. The van der Waals surface area contributed by atoms with Gasteiger partial charge >= 0.3 is 0 Å². The Balaban J connectivity index is 2.34. The molecule has 0 radical (unpaired) electrons. The van der Waals surface area contributed by atoms with Gasteiger partial charge in [-0.1, -0.05) is 11.6 Å². The highest BCUT2D eigenvalue weighted by atomic mass is 35.5. The molecule has 2 aromatic heterocycles. The third kappa shape index (κ3) is 1.89. The second-order valence-electron chi connectivity index (χ2n) is 2.74. The molecule has 0 bridgehead atoms. The first-order chi connectivity index (χ1) is 6.79. The molecule has 2 aromatic rings. The number of nitrogens with zero attached hydrogens (tertiary/aromatic N) is 3. The Bertz CT molecular complexity index is 422. The zero-order chi connectivity index (χ0) is 9.97. The van der Waals surface area contributed by atoms with E-state index < -0.39 is 0 Å². The van der Waals surface area contributed by atoms with E-state index in [0.29, 0.717) is 10.9 Å². The van der Waals surface area contributed by atoms with Crippen LogP contribution < -0.4 is 0 Å². The Morgan fingerprint density at radius 3 is 2.71 bits per heavy atom. The monoisotopic (exact) mass is 227 g/mol. The molecule has 0 aliphatic carbocycles. The summed E-state index contributed by atoms with van der Waals surface area (Å²) in [4.78, 5) is 8.24. The summed E-state index contributed by atoms with van der Waals surface area (Å²) in [6.45, 7) is 0. The number of alkyl halides is 1. The summed E-state index contributed by atoms with van der Waals surface area (Å²) in [6, 6.07) is 3.60. The third-order valence-corrected chi connectivity index (χ3v) is 2.25. The van der Waals surface area contributed by atoms with Crippen molar-refractivity contribution in [2.75, 3.05) is 0 Å². The maximum absolute atomic E-state index is 5.72. The van der Waals surface area contributed by atoms with E-state index in [1.54, 1.807) is 23.2 Å². The second-order valence-corrected chi connectivity index (χ2v) is 3.44. The van der Waals surface area contributed by atoms with Crippen molar-refractivity contribution in [1.82, 2.24) is 14.5 Å². The van der Waals surface area contributed by atoms with E-state index in [-0.39, 0.29) is 0 Å². The van der Waals surface area contributed by atoms with Gasteiger partial charge < -0.3 is 0 Å². The van der Waals surface area contributed by atoms with Gasteiger partial charge in [0.1, 0.15) is 12.1 Å². The molecule has 5 heteroatoms. The molecule has 2 rings (SSSR count). The van der Waals surface area contributed by atoms with Crippen molar-refractivity contribution in [3.63, 3.8) is 0 Å². The fraction of sp³-hybridized carbons (Fsp3) is 0.111. The zero-order valence-electron chi connectivity index (χ0n) is 7.19. The fourth-order valence-corrected chi connectivity index (χ4v) is 1.33. The van der Waals surface area contributed by atoms with Crippen LogP contribution in [0.3, 0.4) is 0 Å². The van der Waals surface area contributed by atoms with Gasteiger partial charge in [0.05, 0.1) is 16.6 Å². The molecule has 0 saturated carbocycles. The number of hydrogen-bond acceptors (Lipinski definition) is 2. The summed E-state index contributed by atoms with van der Waals surface area (Å²) >= 11 is 11.4. The first-order valence-corrected chi connectivity index (χ1v) is 4.91. The van der Waals surface area contributed by atoms with Crippen LogP contribution in [-0.2, 0) is 5.88 Å². The molecule has 2 heterocycles. The van der Waals surface area contributed by atoms with E-state index in [9.17, 15) is 0 Å². The molecule has 72 valence electrons. The van der Waals surface area contributed by atoms with Crippen molar-refractivity contribution in [1.29, 1.82) is 0 Å². The van der Waals surface area contributed by atoms with Crippen LogP contribution in [0.5, 0.6) is 0 Å².